The highest BCUT2D eigenvalue weighted by atomic mass is 32.2. The molecule has 0 saturated carbocycles. The van der Waals surface area contributed by atoms with Crippen molar-refractivity contribution < 1.29 is 51.5 Å². The summed E-state index contributed by atoms with van der Waals surface area (Å²) in [7, 11) is -13.4. The van der Waals surface area contributed by atoms with Gasteiger partial charge in [0, 0.05) is 0 Å². The Kier molecular flexibility index (Phi) is 8.75. The smallest absolute Gasteiger partial charge is 0.378 e. The lowest BCUT2D eigenvalue weighted by Crippen LogP contribution is -2.61. The zero-order chi connectivity index (χ0) is 27.9. The summed E-state index contributed by atoms with van der Waals surface area (Å²) in [6.45, 7) is 12.0. The number of alkyl halides is 6. The molecule has 1 aromatic carbocycles. The van der Waals surface area contributed by atoms with E-state index < -0.39 is 42.4 Å². The second-order valence-corrected chi connectivity index (χ2v) is 13.3. The Morgan fingerprint density at radius 1 is 0.800 bits per heavy atom. The van der Waals surface area contributed by atoms with Crippen molar-refractivity contribution in [3.05, 3.63) is 29.8 Å². The molecule has 6 nitrogen and oxygen atoms in total. The van der Waals surface area contributed by atoms with Crippen LogP contribution >= 0.6 is 0 Å². The van der Waals surface area contributed by atoms with E-state index in [-0.39, 0.29) is 23.9 Å². The fraction of sp³-hybridized carbons (Fsp3) is 0.714. The molecular weight excluding hydrogens is 526 g/mol. The van der Waals surface area contributed by atoms with Crippen molar-refractivity contribution >= 4 is 20.2 Å². The van der Waals surface area contributed by atoms with E-state index in [0.717, 1.165) is 18.6 Å². The van der Waals surface area contributed by atoms with Gasteiger partial charge < -0.3 is 4.18 Å². The Morgan fingerprint density at radius 3 is 1.60 bits per heavy atom. The summed E-state index contributed by atoms with van der Waals surface area (Å²) in [6, 6.07) is 4.55. The third kappa shape index (κ3) is 6.07. The van der Waals surface area contributed by atoms with Crippen LogP contribution in [0.3, 0.4) is 0 Å². The highest BCUT2D eigenvalue weighted by Gasteiger charge is 2.83. The van der Waals surface area contributed by atoms with E-state index in [0.29, 0.717) is 12.0 Å². The normalized spacial score (nSPS) is 15.7. The van der Waals surface area contributed by atoms with Gasteiger partial charge in [-0.05, 0) is 40.9 Å². The molecule has 0 radical (unpaired) electrons. The van der Waals surface area contributed by atoms with E-state index >= 15 is 0 Å². The molecule has 35 heavy (non-hydrogen) atoms. The molecule has 0 aliphatic heterocycles. The number of halogens is 6. The fourth-order valence-electron chi connectivity index (χ4n) is 3.14. The minimum atomic E-state index is -6.93. The zero-order valence-electron chi connectivity index (χ0n) is 20.3. The maximum Gasteiger partial charge on any atom is 0.450 e. The van der Waals surface area contributed by atoms with E-state index in [9.17, 15) is 43.2 Å². The Morgan fingerprint density at radius 2 is 1.23 bits per heavy atom. The molecule has 1 rings (SSSR count). The first kappa shape index (κ1) is 31.5. The van der Waals surface area contributed by atoms with E-state index in [1.807, 2.05) is 27.7 Å². The van der Waals surface area contributed by atoms with Crippen molar-refractivity contribution in [2.75, 3.05) is 7.11 Å². The van der Waals surface area contributed by atoms with Crippen LogP contribution in [0.25, 0.3) is 0 Å². The molecule has 0 aromatic heterocycles. The number of benzene rings is 1. The number of hydrogen-bond donors (Lipinski definition) is 0. The molecular formula is C21H30F6O6S2. The molecule has 1 unspecified atom stereocenters. The van der Waals surface area contributed by atoms with Crippen molar-refractivity contribution in [3.8, 4) is 5.75 Å². The topological polar surface area (TPSA) is 86.7 Å². The summed E-state index contributed by atoms with van der Waals surface area (Å²) < 4.78 is 137. The Balaban J connectivity index is 3.36. The standard InChI is InChI=1S/C21H30F6O6S2/c1-8-18(5,6)13-16(17(2,3)4)14-9-11-15(12-10-14)33-35(30,31)21(26,27)19(22,23)20(24,25)34(28,29)32-7/h9-12,16H,8,13H2,1-7H3. The second-order valence-electron chi connectivity index (χ2n) is 9.98. The molecule has 0 aliphatic carbocycles. The highest BCUT2D eigenvalue weighted by Crippen LogP contribution is 2.51. The van der Waals surface area contributed by atoms with Crippen molar-refractivity contribution in [2.45, 2.75) is 76.7 Å². The van der Waals surface area contributed by atoms with Crippen LogP contribution in [0.5, 0.6) is 5.75 Å². The third-order valence-electron chi connectivity index (χ3n) is 5.83. The minimum Gasteiger partial charge on any atom is -0.378 e. The lowest BCUT2D eigenvalue weighted by Gasteiger charge is -2.37. The van der Waals surface area contributed by atoms with Crippen molar-refractivity contribution in [1.82, 2.24) is 0 Å². The third-order valence-corrected chi connectivity index (χ3v) is 8.45. The molecule has 1 atom stereocenters. The van der Waals surface area contributed by atoms with Crippen LogP contribution in [0.15, 0.2) is 24.3 Å². The van der Waals surface area contributed by atoms with E-state index in [4.69, 9.17) is 0 Å². The molecule has 0 aliphatic rings. The van der Waals surface area contributed by atoms with Crippen LogP contribution < -0.4 is 4.18 Å². The zero-order valence-corrected chi connectivity index (χ0v) is 22.0. The van der Waals surface area contributed by atoms with Gasteiger partial charge >= 0.3 is 36.7 Å². The first-order chi connectivity index (χ1) is 15.4. The minimum absolute atomic E-state index is 0.0243. The van der Waals surface area contributed by atoms with E-state index in [1.54, 1.807) is 0 Å². The van der Waals surface area contributed by atoms with Crippen LogP contribution in [0, 0.1) is 10.8 Å². The largest absolute Gasteiger partial charge is 0.450 e. The van der Waals surface area contributed by atoms with Gasteiger partial charge in [-0.1, -0.05) is 60.1 Å². The summed E-state index contributed by atoms with van der Waals surface area (Å²) in [5, 5.41) is -13.2. The van der Waals surface area contributed by atoms with Gasteiger partial charge in [0.15, 0.2) is 0 Å². The molecule has 14 heteroatoms. The average molecular weight is 557 g/mol. The summed E-state index contributed by atoms with van der Waals surface area (Å²) >= 11 is 0. The SMILES string of the molecule is CCC(C)(C)CC(c1ccc(OS(=O)(=O)C(F)(F)C(F)(F)C(F)(F)S(=O)(=O)OC)cc1)C(C)(C)C. The number of rotatable bonds is 11. The summed E-state index contributed by atoms with van der Waals surface area (Å²) in [5.74, 6) is -7.87. The Labute approximate surface area is 202 Å². The summed E-state index contributed by atoms with van der Waals surface area (Å²) in [5.41, 5.74) is 0.338. The van der Waals surface area contributed by atoms with Crippen LogP contribution in [-0.4, -0.2) is 40.4 Å². The lowest BCUT2D eigenvalue weighted by molar-refractivity contribution is -0.247. The molecule has 0 amide bonds. The highest BCUT2D eigenvalue weighted by molar-refractivity contribution is 7.89. The van der Waals surface area contributed by atoms with Crippen molar-refractivity contribution in [2.24, 2.45) is 10.8 Å². The van der Waals surface area contributed by atoms with Gasteiger partial charge in [0.1, 0.15) is 5.75 Å². The van der Waals surface area contributed by atoms with Crippen molar-refractivity contribution in [3.63, 3.8) is 0 Å². The van der Waals surface area contributed by atoms with Gasteiger partial charge in [0.25, 0.3) is 0 Å². The first-order valence-electron chi connectivity index (χ1n) is 10.4. The van der Waals surface area contributed by atoms with Gasteiger partial charge in [0.05, 0.1) is 7.11 Å². The summed E-state index contributed by atoms with van der Waals surface area (Å²) in [6.07, 6.45) is 1.56. The average Bonchev–Trinajstić information content (AvgIpc) is 2.71. The fourth-order valence-corrected chi connectivity index (χ4v) is 4.77. The second kappa shape index (κ2) is 9.73. The number of hydrogen-bond acceptors (Lipinski definition) is 6. The maximum atomic E-state index is 14.2. The molecule has 0 heterocycles. The van der Waals surface area contributed by atoms with E-state index in [1.165, 1.54) is 12.1 Å². The lowest BCUT2D eigenvalue weighted by atomic mass is 9.68. The molecule has 0 spiro atoms. The van der Waals surface area contributed by atoms with Gasteiger partial charge in [0.2, 0.25) is 0 Å². The molecule has 0 N–H and O–H groups in total. The predicted molar refractivity (Wildman–Crippen MR) is 118 cm³/mol. The summed E-state index contributed by atoms with van der Waals surface area (Å²) in [4.78, 5) is 0. The molecule has 0 bridgehead atoms. The quantitative estimate of drug-likeness (QED) is 0.240. The Hall–Kier alpha value is -1.54. The van der Waals surface area contributed by atoms with Crippen molar-refractivity contribution in [1.29, 1.82) is 0 Å². The van der Waals surface area contributed by atoms with Crippen LogP contribution in [0.1, 0.15) is 65.9 Å². The van der Waals surface area contributed by atoms with E-state index in [2.05, 4.69) is 22.2 Å². The van der Waals surface area contributed by atoms with Crippen LogP contribution in [0.2, 0.25) is 0 Å². The first-order valence-corrected chi connectivity index (χ1v) is 13.2. The van der Waals surface area contributed by atoms with Crippen LogP contribution in [0.4, 0.5) is 26.3 Å². The van der Waals surface area contributed by atoms with Crippen LogP contribution in [-0.2, 0) is 24.4 Å². The molecule has 0 saturated heterocycles. The monoisotopic (exact) mass is 556 g/mol. The molecule has 0 fully saturated rings. The van der Waals surface area contributed by atoms with Gasteiger partial charge in [-0.3, -0.25) is 4.18 Å². The predicted octanol–water partition coefficient (Wildman–Crippen LogP) is 6.15. The molecule has 204 valence electrons. The maximum absolute atomic E-state index is 14.2. The van der Waals surface area contributed by atoms with Gasteiger partial charge in [-0.15, -0.1) is 0 Å². The van der Waals surface area contributed by atoms with Gasteiger partial charge in [-0.25, -0.2) is 0 Å². The molecule has 1 aromatic rings. The Bertz CT molecular complexity index is 1090. The van der Waals surface area contributed by atoms with Gasteiger partial charge in [-0.2, -0.15) is 43.2 Å².